The standard InChI is InChI=1S/C18H17FN2O3/c19-12-5-3-11(4-6-12)15(22)17(24)21-10-18(7-8-18)13-2-1-9-20-14(13)16(21)23/h1-6,9,16-17,23-24H,7-8,10H2. The van der Waals surface area contributed by atoms with Crippen molar-refractivity contribution >= 4 is 5.78 Å². The van der Waals surface area contributed by atoms with Crippen LogP contribution in [0.3, 0.4) is 0 Å². The number of halogens is 1. The fourth-order valence-electron chi connectivity index (χ4n) is 3.46. The molecule has 5 nitrogen and oxygen atoms in total. The molecule has 24 heavy (non-hydrogen) atoms. The van der Waals surface area contributed by atoms with Gasteiger partial charge < -0.3 is 10.2 Å². The number of carbonyl (C=O) groups is 1. The molecule has 1 aromatic heterocycles. The number of rotatable bonds is 3. The molecule has 4 rings (SSSR count). The molecule has 1 fully saturated rings. The molecule has 2 unspecified atom stereocenters. The van der Waals surface area contributed by atoms with Gasteiger partial charge in [-0.3, -0.25) is 9.78 Å². The Morgan fingerprint density at radius 2 is 2.00 bits per heavy atom. The van der Waals surface area contributed by atoms with Crippen LogP contribution >= 0.6 is 0 Å². The van der Waals surface area contributed by atoms with Crippen molar-refractivity contribution in [3.05, 3.63) is 65.2 Å². The number of aromatic nitrogens is 1. The molecule has 1 aliphatic heterocycles. The van der Waals surface area contributed by atoms with Gasteiger partial charge in [-0.1, -0.05) is 6.07 Å². The van der Waals surface area contributed by atoms with Crippen LogP contribution in [0.25, 0.3) is 0 Å². The van der Waals surface area contributed by atoms with Crippen molar-refractivity contribution in [2.45, 2.75) is 30.7 Å². The van der Waals surface area contributed by atoms with Gasteiger partial charge in [0, 0.05) is 23.7 Å². The summed E-state index contributed by atoms with van der Waals surface area (Å²) in [6.45, 7) is 0.390. The van der Waals surface area contributed by atoms with E-state index in [1.165, 1.54) is 29.2 Å². The first-order chi connectivity index (χ1) is 11.5. The fraction of sp³-hybridized carbons (Fsp3) is 0.333. The summed E-state index contributed by atoms with van der Waals surface area (Å²) in [4.78, 5) is 18.1. The van der Waals surface area contributed by atoms with E-state index in [2.05, 4.69) is 4.98 Å². The van der Waals surface area contributed by atoms with Gasteiger partial charge in [-0.2, -0.15) is 0 Å². The highest BCUT2D eigenvalue weighted by atomic mass is 19.1. The van der Waals surface area contributed by atoms with E-state index in [-0.39, 0.29) is 11.0 Å². The molecular weight excluding hydrogens is 311 g/mol. The third-order valence-corrected chi connectivity index (χ3v) is 4.98. The first-order valence-corrected chi connectivity index (χ1v) is 7.89. The topological polar surface area (TPSA) is 73.7 Å². The van der Waals surface area contributed by atoms with Crippen molar-refractivity contribution in [1.82, 2.24) is 9.88 Å². The molecule has 6 heteroatoms. The number of hydrogen-bond acceptors (Lipinski definition) is 5. The lowest BCUT2D eigenvalue weighted by Gasteiger charge is -2.40. The van der Waals surface area contributed by atoms with Gasteiger partial charge in [0.2, 0.25) is 5.78 Å². The Labute approximate surface area is 138 Å². The predicted octanol–water partition coefficient (Wildman–Crippen LogP) is 1.76. The molecule has 1 aliphatic carbocycles. The summed E-state index contributed by atoms with van der Waals surface area (Å²) in [7, 11) is 0. The van der Waals surface area contributed by atoms with Gasteiger partial charge in [0.25, 0.3) is 0 Å². The molecule has 2 atom stereocenters. The number of Topliss-reactive ketones (excluding diaryl/α,β-unsaturated/α-hetero) is 1. The number of carbonyl (C=O) groups excluding carboxylic acids is 1. The summed E-state index contributed by atoms with van der Waals surface area (Å²) in [6.07, 6.45) is 0.819. The Kier molecular flexibility index (Phi) is 3.49. The van der Waals surface area contributed by atoms with Crippen LogP contribution in [-0.4, -0.2) is 38.7 Å². The number of nitrogens with zero attached hydrogens (tertiary/aromatic N) is 2. The Hall–Kier alpha value is -2.15. The zero-order valence-corrected chi connectivity index (χ0v) is 12.9. The van der Waals surface area contributed by atoms with E-state index < -0.39 is 24.1 Å². The molecule has 1 spiro atoms. The van der Waals surface area contributed by atoms with E-state index in [1.54, 1.807) is 6.20 Å². The molecule has 1 aromatic carbocycles. The predicted molar refractivity (Wildman–Crippen MR) is 83.6 cm³/mol. The van der Waals surface area contributed by atoms with Crippen molar-refractivity contribution < 1.29 is 19.4 Å². The largest absolute Gasteiger partial charge is 0.372 e. The molecule has 2 aromatic rings. The van der Waals surface area contributed by atoms with Crippen molar-refractivity contribution in [3.8, 4) is 0 Å². The maximum absolute atomic E-state index is 13.0. The third kappa shape index (κ3) is 2.34. The summed E-state index contributed by atoms with van der Waals surface area (Å²) < 4.78 is 13.0. The molecule has 2 heterocycles. The lowest BCUT2D eigenvalue weighted by atomic mass is 9.88. The number of ketones is 1. The van der Waals surface area contributed by atoms with Crippen LogP contribution in [0.2, 0.25) is 0 Å². The number of hydrogen-bond donors (Lipinski definition) is 2. The second kappa shape index (κ2) is 5.44. The minimum absolute atomic E-state index is 0.146. The lowest BCUT2D eigenvalue weighted by Crippen LogP contribution is -2.50. The average molecular weight is 328 g/mol. The van der Waals surface area contributed by atoms with Gasteiger partial charge in [-0.25, -0.2) is 9.29 Å². The van der Waals surface area contributed by atoms with Gasteiger partial charge in [0.1, 0.15) is 5.82 Å². The summed E-state index contributed by atoms with van der Waals surface area (Å²) >= 11 is 0. The third-order valence-electron chi connectivity index (χ3n) is 4.98. The summed E-state index contributed by atoms with van der Waals surface area (Å²) in [5.41, 5.74) is 1.54. The molecule has 2 N–H and O–H groups in total. The quantitative estimate of drug-likeness (QED) is 0.840. The van der Waals surface area contributed by atoms with Crippen molar-refractivity contribution in [1.29, 1.82) is 0 Å². The second-order valence-corrected chi connectivity index (χ2v) is 6.51. The molecule has 0 radical (unpaired) electrons. The van der Waals surface area contributed by atoms with Crippen LogP contribution in [0.1, 0.15) is 40.7 Å². The number of pyridine rings is 1. The van der Waals surface area contributed by atoms with Gasteiger partial charge in [0.15, 0.2) is 12.5 Å². The van der Waals surface area contributed by atoms with Gasteiger partial charge >= 0.3 is 0 Å². The van der Waals surface area contributed by atoms with Crippen LogP contribution in [-0.2, 0) is 5.41 Å². The molecular formula is C18H17FN2O3. The monoisotopic (exact) mass is 328 g/mol. The minimum atomic E-state index is -1.50. The molecule has 0 amide bonds. The maximum Gasteiger partial charge on any atom is 0.206 e. The Morgan fingerprint density at radius 3 is 2.67 bits per heavy atom. The Balaban J connectivity index is 1.65. The number of fused-ring (bicyclic) bond motifs is 2. The van der Waals surface area contributed by atoms with Gasteiger partial charge in [-0.05, 0) is 48.7 Å². The summed E-state index contributed by atoms with van der Waals surface area (Å²) in [5.74, 6) is -1.02. The highest BCUT2D eigenvalue weighted by molar-refractivity contribution is 5.99. The number of benzene rings is 1. The molecule has 0 saturated heterocycles. The molecule has 0 bridgehead atoms. The van der Waals surface area contributed by atoms with E-state index in [1.807, 2.05) is 12.1 Å². The zero-order chi connectivity index (χ0) is 16.9. The van der Waals surface area contributed by atoms with Crippen molar-refractivity contribution in [3.63, 3.8) is 0 Å². The smallest absolute Gasteiger partial charge is 0.206 e. The summed E-state index contributed by atoms with van der Waals surface area (Å²) in [6, 6.07) is 8.79. The minimum Gasteiger partial charge on any atom is -0.372 e. The van der Waals surface area contributed by atoms with E-state index in [9.17, 15) is 19.4 Å². The van der Waals surface area contributed by atoms with Crippen LogP contribution in [0.5, 0.6) is 0 Å². The first-order valence-electron chi connectivity index (χ1n) is 7.89. The highest BCUT2D eigenvalue weighted by Crippen LogP contribution is 2.54. The van der Waals surface area contributed by atoms with E-state index >= 15 is 0 Å². The average Bonchev–Trinajstić information content (AvgIpc) is 3.38. The summed E-state index contributed by atoms with van der Waals surface area (Å²) in [5, 5.41) is 21.1. The van der Waals surface area contributed by atoms with E-state index in [4.69, 9.17) is 0 Å². The lowest BCUT2D eigenvalue weighted by molar-refractivity contribution is -0.101. The first kappa shape index (κ1) is 15.4. The Morgan fingerprint density at radius 1 is 1.29 bits per heavy atom. The van der Waals surface area contributed by atoms with Gasteiger partial charge in [0.05, 0.1) is 5.69 Å². The van der Waals surface area contributed by atoms with Crippen molar-refractivity contribution in [2.24, 2.45) is 0 Å². The van der Waals surface area contributed by atoms with E-state index in [0.717, 1.165) is 18.4 Å². The number of aliphatic hydroxyl groups excluding tert-OH is 2. The Bertz CT molecular complexity index is 789. The van der Waals surface area contributed by atoms with Gasteiger partial charge in [-0.15, -0.1) is 0 Å². The maximum atomic E-state index is 13.0. The molecule has 1 saturated carbocycles. The van der Waals surface area contributed by atoms with E-state index in [0.29, 0.717) is 12.2 Å². The van der Waals surface area contributed by atoms with Crippen LogP contribution < -0.4 is 0 Å². The molecule has 124 valence electrons. The molecule has 2 aliphatic rings. The highest BCUT2D eigenvalue weighted by Gasteiger charge is 2.53. The number of aliphatic hydroxyl groups is 2. The second-order valence-electron chi connectivity index (χ2n) is 6.51. The SMILES string of the molecule is O=C(c1ccc(F)cc1)C(O)N1CC2(CC2)c2cccnc2C1O. The van der Waals surface area contributed by atoms with Crippen LogP contribution in [0, 0.1) is 5.82 Å². The van der Waals surface area contributed by atoms with Crippen molar-refractivity contribution in [2.75, 3.05) is 6.54 Å². The van der Waals surface area contributed by atoms with Crippen LogP contribution in [0.15, 0.2) is 42.6 Å². The fourth-order valence-corrected chi connectivity index (χ4v) is 3.46. The van der Waals surface area contributed by atoms with Crippen LogP contribution in [0.4, 0.5) is 4.39 Å². The zero-order valence-electron chi connectivity index (χ0n) is 12.9. The normalized spacial score (nSPS) is 22.9.